The van der Waals surface area contributed by atoms with Gasteiger partial charge in [0.2, 0.25) is 6.41 Å². The standard InChI is InChI=1S/C10H17N3O.C8H10O2.C7H7Cl.2C2H6/c1-13-5-4-8-2-3-9(6-10(8)13)12-11-7-14;1-9-7-5-3-4-6-8(7)10-2;1-6-2-4-7(8)5-3-6;2*1-2/h7-8,10H,2-6H2,1H3,(H,11,14);3-6H,1-2H3;2-5H,1H3;2*1-2H3/b12-9+;;;;. The number of benzene rings is 2. The summed E-state index contributed by atoms with van der Waals surface area (Å²) >= 11 is 5.61. The first kappa shape index (κ1) is 33.4. The second-order valence-electron chi connectivity index (χ2n) is 7.92. The number of likely N-dealkylation sites (tertiary alicyclic amines) is 1. The van der Waals surface area contributed by atoms with Crippen molar-refractivity contribution < 1.29 is 14.3 Å². The molecule has 2 aliphatic rings. The van der Waals surface area contributed by atoms with Crippen LogP contribution in [-0.4, -0.2) is 50.9 Å². The molecule has 1 N–H and O–H groups in total. The zero-order valence-corrected chi connectivity index (χ0v) is 24.1. The van der Waals surface area contributed by atoms with Crippen LogP contribution in [0.15, 0.2) is 53.6 Å². The summed E-state index contributed by atoms with van der Waals surface area (Å²) in [6.45, 7) is 11.3. The van der Waals surface area contributed by atoms with Gasteiger partial charge >= 0.3 is 0 Å². The normalized spacial score (nSPS) is 18.8. The summed E-state index contributed by atoms with van der Waals surface area (Å²) in [7, 11) is 5.43. The van der Waals surface area contributed by atoms with Gasteiger partial charge in [-0.1, -0.05) is 69.1 Å². The number of carbonyl (C=O) groups is 1. The molecule has 202 valence electrons. The highest BCUT2D eigenvalue weighted by atomic mass is 35.5. The van der Waals surface area contributed by atoms with Crippen molar-refractivity contribution in [2.75, 3.05) is 27.8 Å². The van der Waals surface area contributed by atoms with Crippen LogP contribution in [-0.2, 0) is 4.79 Å². The third-order valence-corrected chi connectivity index (χ3v) is 6.04. The van der Waals surface area contributed by atoms with E-state index >= 15 is 0 Å². The van der Waals surface area contributed by atoms with Crippen LogP contribution in [0.1, 0.15) is 58.9 Å². The number of fused-ring (bicyclic) bond motifs is 1. The van der Waals surface area contributed by atoms with Gasteiger partial charge in [-0.3, -0.25) is 4.79 Å². The first-order valence-electron chi connectivity index (χ1n) is 12.8. The van der Waals surface area contributed by atoms with Crippen LogP contribution in [0.4, 0.5) is 0 Å². The van der Waals surface area contributed by atoms with Gasteiger partial charge in [-0.05, 0) is 70.0 Å². The fraction of sp³-hybridized carbons (Fsp3) is 0.517. The van der Waals surface area contributed by atoms with Crippen molar-refractivity contribution in [1.29, 1.82) is 0 Å². The van der Waals surface area contributed by atoms with Gasteiger partial charge in [-0.2, -0.15) is 5.10 Å². The lowest BCUT2D eigenvalue weighted by Gasteiger charge is -2.30. The molecule has 4 rings (SSSR count). The summed E-state index contributed by atoms with van der Waals surface area (Å²) < 4.78 is 10.0. The minimum Gasteiger partial charge on any atom is -0.493 e. The molecule has 0 spiro atoms. The van der Waals surface area contributed by atoms with Gasteiger partial charge in [0.25, 0.3) is 0 Å². The molecule has 1 aliphatic heterocycles. The zero-order chi connectivity index (χ0) is 27.3. The minimum atomic E-state index is 0.636. The average molecular weight is 520 g/mol. The lowest BCUT2D eigenvalue weighted by Crippen LogP contribution is -2.35. The van der Waals surface area contributed by atoms with Crippen molar-refractivity contribution >= 4 is 23.7 Å². The molecular formula is C29H46ClN3O3. The van der Waals surface area contributed by atoms with E-state index in [1.807, 2.05) is 83.1 Å². The molecule has 6 nitrogen and oxygen atoms in total. The lowest BCUT2D eigenvalue weighted by molar-refractivity contribution is -0.109. The molecule has 1 saturated heterocycles. The Morgan fingerprint density at radius 1 is 0.972 bits per heavy atom. The predicted molar refractivity (Wildman–Crippen MR) is 153 cm³/mol. The number of halogens is 1. The second-order valence-corrected chi connectivity index (χ2v) is 8.35. The maximum atomic E-state index is 10.1. The van der Waals surface area contributed by atoms with Gasteiger partial charge in [0.15, 0.2) is 11.5 Å². The van der Waals surface area contributed by atoms with Gasteiger partial charge in [-0.25, -0.2) is 5.43 Å². The number of methoxy groups -OCH3 is 2. The smallest absolute Gasteiger partial charge is 0.227 e. The van der Waals surface area contributed by atoms with Crippen LogP contribution >= 0.6 is 11.6 Å². The number of hydrogen-bond acceptors (Lipinski definition) is 5. The third-order valence-electron chi connectivity index (χ3n) is 5.79. The van der Waals surface area contributed by atoms with E-state index in [-0.39, 0.29) is 0 Å². The summed E-state index contributed by atoms with van der Waals surface area (Å²) in [4.78, 5) is 12.5. The van der Waals surface area contributed by atoms with Crippen molar-refractivity contribution in [2.24, 2.45) is 11.0 Å². The number of para-hydroxylation sites is 2. The molecule has 1 aliphatic carbocycles. The number of hydrogen-bond donors (Lipinski definition) is 1. The quantitative estimate of drug-likeness (QED) is 0.349. The number of ether oxygens (including phenoxy) is 2. The Bertz CT molecular complexity index is 815. The molecule has 36 heavy (non-hydrogen) atoms. The highest BCUT2D eigenvalue weighted by molar-refractivity contribution is 6.30. The highest BCUT2D eigenvalue weighted by Crippen LogP contribution is 2.34. The van der Waals surface area contributed by atoms with E-state index in [1.54, 1.807) is 14.2 Å². The Balaban J connectivity index is 0.000000494. The zero-order valence-electron chi connectivity index (χ0n) is 23.4. The molecule has 7 heteroatoms. The molecule has 1 saturated carbocycles. The summed E-state index contributed by atoms with van der Waals surface area (Å²) in [6, 6.07) is 15.9. The molecule has 1 heterocycles. The van der Waals surface area contributed by atoms with E-state index in [4.69, 9.17) is 21.1 Å². The SMILES string of the molecule is CC.CC.CN1CCC2CC/C(=N\NC=O)CC21.COc1ccccc1OC.Cc1ccc(Cl)cc1. The Labute approximate surface area is 224 Å². The number of rotatable bonds is 4. The van der Waals surface area contributed by atoms with Crippen LogP contribution in [0.5, 0.6) is 11.5 Å². The lowest BCUT2D eigenvalue weighted by atomic mass is 9.84. The van der Waals surface area contributed by atoms with Crippen molar-refractivity contribution in [3.8, 4) is 11.5 Å². The summed E-state index contributed by atoms with van der Waals surface area (Å²) in [5.41, 5.74) is 4.79. The molecule has 2 unspecified atom stereocenters. The molecule has 0 bridgehead atoms. The molecule has 0 radical (unpaired) electrons. The van der Waals surface area contributed by atoms with E-state index in [9.17, 15) is 4.79 Å². The van der Waals surface area contributed by atoms with Crippen LogP contribution in [0.2, 0.25) is 5.02 Å². The van der Waals surface area contributed by atoms with Crippen molar-refractivity contribution in [2.45, 2.75) is 66.3 Å². The van der Waals surface area contributed by atoms with E-state index in [1.165, 1.54) is 24.9 Å². The predicted octanol–water partition coefficient (Wildman–Crippen LogP) is 7.00. The molecule has 2 aromatic carbocycles. The number of nitrogens with zero attached hydrogens (tertiary/aromatic N) is 2. The van der Waals surface area contributed by atoms with Crippen LogP contribution in [0.3, 0.4) is 0 Å². The Morgan fingerprint density at radius 2 is 1.53 bits per heavy atom. The number of amides is 1. The number of hydrazone groups is 1. The fourth-order valence-corrected chi connectivity index (χ4v) is 4.11. The first-order valence-corrected chi connectivity index (χ1v) is 13.2. The summed E-state index contributed by atoms with van der Waals surface area (Å²) in [5, 5.41) is 4.87. The van der Waals surface area contributed by atoms with Crippen molar-refractivity contribution in [1.82, 2.24) is 10.3 Å². The van der Waals surface area contributed by atoms with E-state index in [2.05, 4.69) is 22.5 Å². The largest absolute Gasteiger partial charge is 0.493 e. The average Bonchev–Trinajstić information content (AvgIpc) is 3.31. The summed E-state index contributed by atoms with van der Waals surface area (Å²) in [5.74, 6) is 2.39. The van der Waals surface area contributed by atoms with E-state index in [0.717, 1.165) is 41.0 Å². The van der Waals surface area contributed by atoms with Crippen LogP contribution < -0.4 is 14.9 Å². The van der Waals surface area contributed by atoms with Crippen LogP contribution in [0.25, 0.3) is 0 Å². The Hall–Kier alpha value is -2.57. The maximum Gasteiger partial charge on any atom is 0.227 e. The highest BCUT2D eigenvalue weighted by Gasteiger charge is 2.35. The van der Waals surface area contributed by atoms with Gasteiger partial charge in [0, 0.05) is 23.2 Å². The fourth-order valence-electron chi connectivity index (χ4n) is 3.98. The van der Waals surface area contributed by atoms with Crippen molar-refractivity contribution in [3.05, 3.63) is 59.1 Å². The van der Waals surface area contributed by atoms with Crippen molar-refractivity contribution in [3.63, 3.8) is 0 Å². The minimum absolute atomic E-state index is 0.636. The second kappa shape index (κ2) is 20.6. The van der Waals surface area contributed by atoms with Gasteiger partial charge in [-0.15, -0.1) is 0 Å². The molecule has 1 amide bonds. The number of carbonyl (C=O) groups excluding carboxylic acids is 1. The maximum absolute atomic E-state index is 10.1. The van der Waals surface area contributed by atoms with E-state index < -0.39 is 0 Å². The Kier molecular flexibility index (Phi) is 19.1. The van der Waals surface area contributed by atoms with Crippen LogP contribution in [0, 0.1) is 12.8 Å². The number of nitrogens with one attached hydrogen (secondary N) is 1. The molecule has 2 aromatic rings. The number of aryl methyl sites for hydroxylation is 1. The molecule has 2 atom stereocenters. The van der Waals surface area contributed by atoms with Gasteiger partial charge < -0.3 is 14.4 Å². The molecule has 2 fully saturated rings. The molecular weight excluding hydrogens is 474 g/mol. The first-order chi connectivity index (χ1) is 17.5. The molecule has 0 aromatic heterocycles. The third kappa shape index (κ3) is 12.4. The van der Waals surface area contributed by atoms with Gasteiger partial charge in [0.05, 0.1) is 14.2 Å². The Morgan fingerprint density at radius 3 is 2.00 bits per heavy atom. The summed E-state index contributed by atoms with van der Waals surface area (Å²) in [6.07, 6.45) is 5.28. The van der Waals surface area contributed by atoms with Gasteiger partial charge in [0.1, 0.15) is 0 Å². The monoisotopic (exact) mass is 519 g/mol. The van der Waals surface area contributed by atoms with E-state index in [0.29, 0.717) is 12.5 Å². The topological polar surface area (TPSA) is 63.2 Å².